The van der Waals surface area contributed by atoms with Crippen LogP contribution in [0.5, 0.6) is 5.75 Å². The second kappa shape index (κ2) is 9.08. The molecule has 0 saturated heterocycles. The fourth-order valence-electron chi connectivity index (χ4n) is 2.29. The van der Waals surface area contributed by atoms with Gasteiger partial charge in [0.15, 0.2) is 0 Å². The number of hydrazone groups is 1. The van der Waals surface area contributed by atoms with Gasteiger partial charge in [0, 0.05) is 0 Å². The van der Waals surface area contributed by atoms with Crippen molar-refractivity contribution in [1.82, 2.24) is 15.2 Å². The summed E-state index contributed by atoms with van der Waals surface area (Å²) in [6.45, 7) is 0.313. The number of benzene rings is 2. The molecule has 0 atom stereocenters. The number of amides is 1. The highest BCUT2D eigenvalue weighted by Gasteiger charge is 2.10. The van der Waals surface area contributed by atoms with Crippen molar-refractivity contribution in [1.29, 1.82) is 0 Å². The van der Waals surface area contributed by atoms with Crippen molar-refractivity contribution < 1.29 is 14.5 Å². The molecule has 0 aliphatic heterocycles. The van der Waals surface area contributed by atoms with Gasteiger partial charge in [-0.2, -0.15) is 10.2 Å². The molecule has 9 heteroatoms. The minimum atomic E-state index is -0.577. The van der Waals surface area contributed by atoms with E-state index in [9.17, 15) is 14.9 Å². The highest BCUT2D eigenvalue weighted by Crippen LogP contribution is 2.13. The molecule has 0 fully saturated rings. The SMILES string of the molecule is O=C(Cn1cc([N+](=O)[O-])cn1)NN=Cc1ccc(OCc2ccccc2)cc1. The van der Waals surface area contributed by atoms with E-state index < -0.39 is 10.8 Å². The first kappa shape index (κ1) is 18.8. The Bertz CT molecular complexity index is 968. The van der Waals surface area contributed by atoms with Crippen molar-refractivity contribution in [3.05, 3.63) is 88.2 Å². The van der Waals surface area contributed by atoms with Crippen LogP contribution < -0.4 is 10.2 Å². The number of rotatable bonds is 8. The number of carbonyl (C=O) groups is 1. The van der Waals surface area contributed by atoms with Gasteiger partial charge < -0.3 is 4.74 Å². The van der Waals surface area contributed by atoms with Crippen LogP contribution in [0.1, 0.15) is 11.1 Å². The van der Waals surface area contributed by atoms with Gasteiger partial charge in [-0.25, -0.2) is 5.43 Å². The third-order valence-electron chi connectivity index (χ3n) is 3.67. The Labute approximate surface area is 160 Å². The molecule has 0 unspecified atom stereocenters. The average Bonchev–Trinajstić information content (AvgIpc) is 3.17. The van der Waals surface area contributed by atoms with Gasteiger partial charge in [0.2, 0.25) is 0 Å². The highest BCUT2D eigenvalue weighted by molar-refractivity contribution is 5.82. The average molecular weight is 379 g/mol. The van der Waals surface area contributed by atoms with Gasteiger partial charge in [0.25, 0.3) is 5.91 Å². The summed E-state index contributed by atoms with van der Waals surface area (Å²) in [6.07, 6.45) is 3.75. The molecule has 0 aliphatic rings. The van der Waals surface area contributed by atoms with Crippen LogP contribution in [0.25, 0.3) is 0 Å². The first-order chi connectivity index (χ1) is 13.6. The summed E-state index contributed by atoms with van der Waals surface area (Å²) in [6, 6.07) is 17.1. The first-order valence-corrected chi connectivity index (χ1v) is 8.36. The van der Waals surface area contributed by atoms with Crippen molar-refractivity contribution >= 4 is 17.8 Å². The molecule has 1 N–H and O–H groups in total. The fourth-order valence-corrected chi connectivity index (χ4v) is 2.29. The smallest absolute Gasteiger partial charge is 0.307 e. The number of aromatic nitrogens is 2. The van der Waals surface area contributed by atoms with Crippen LogP contribution in [0, 0.1) is 10.1 Å². The molecule has 0 radical (unpaired) electrons. The van der Waals surface area contributed by atoms with Gasteiger partial charge in [0.05, 0.1) is 11.1 Å². The second-order valence-corrected chi connectivity index (χ2v) is 5.79. The van der Waals surface area contributed by atoms with Crippen molar-refractivity contribution in [3.63, 3.8) is 0 Å². The lowest BCUT2D eigenvalue weighted by Gasteiger charge is -2.06. The minimum absolute atomic E-state index is 0.169. The normalized spacial score (nSPS) is 10.7. The van der Waals surface area contributed by atoms with E-state index in [1.54, 1.807) is 0 Å². The van der Waals surface area contributed by atoms with Gasteiger partial charge in [0.1, 0.15) is 31.3 Å². The van der Waals surface area contributed by atoms with Gasteiger partial charge >= 0.3 is 5.69 Å². The summed E-state index contributed by atoms with van der Waals surface area (Å²) < 4.78 is 6.87. The molecular weight excluding hydrogens is 362 g/mol. The van der Waals surface area contributed by atoms with E-state index in [0.29, 0.717) is 6.61 Å². The maximum absolute atomic E-state index is 11.8. The predicted octanol–water partition coefficient (Wildman–Crippen LogP) is 2.52. The summed E-state index contributed by atoms with van der Waals surface area (Å²) in [7, 11) is 0. The number of carbonyl (C=O) groups excluding carboxylic acids is 1. The third-order valence-corrected chi connectivity index (χ3v) is 3.67. The molecule has 1 aromatic heterocycles. The Morgan fingerprint density at radius 1 is 1.21 bits per heavy atom. The zero-order valence-electron chi connectivity index (χ0n) is 14.8. The van der Waals surface area contributed by atoms with Crippen molar-refractivity contribution in [2.24, 2.45) is 5.10 Å². The lowest BCUT2D eigenvalue weighted by molar-refractivity contribution is -0.385. The molecule has 2 aromatic carbocycles. The first-order valence-electron chi connectivity index (χ1n) is 8.36. The minimum Gasteiger partial charge on any atom is -0.489 e. The Morgan fingerprint density at radius 2 is 1.96 bits per heavy atom. The quantitative estimate of drug-likeness (QED) is 0.367. The molecular formula is C19H17N5O4. The lowest BCUT2D eigenvalue weighted by Crippen LogP contribution is -2.23. The molecule has 0 saturated carbocycles. The molecule has 0 aliphatic carbocycles. The highest BCUT2D eigenvalue weighted by atomic mass is 16.6. The second-order valence-electron chi connectivity index (χ2n) is 5.79. The predicted molar refractivity (Wildman–Crippen MR) is 102 cm³/mol. The van der Waals surface area contributed by atoms with Crippen LogP contribution in [-0.2, 0) is 17.9 Å². The molecule has 0 spiro atoms. The monoisotopic (exact) mass is 379 g/mol. The number of hydrogen-bond acceptors (Lipinski definition) is 6. The molecule has 142 valence electrons. The summed E-state index contributed by atoms with van der Waals surface area (Å²) >= 11 is 0. The van der Waals surface area contributed by atoms with Crippen LogP contribution >= 0.6 is 0 Å². The third kappa shape index (κ3) is 5.49. The molecule has 9 nitrogen and oxygen atoms in total. The maximum atomic E-state index is 11.8. The summed E-state index contributed by atoms with van der Waals surface area (Å²) in [5.74, 6) is 0.280. The summed E-state index contributed by atoms with van der Waals surface area (Å²) in [5, 5.41) is 18.2. The molecule has 1 heterocycles. The largest absolute Gasteiger partial charge is 0.489 e. The van der Waals surface area contributed by atoms with E-state index >= 15 is 0 Å². The summed E-state index contributed by atoms with van der Waals surface area (Å²) in [4.78, 5) is 21.8. The van der Waals surface area contributed by atoms with Gasteiger partial charge in [-0.1, -0.05) is 30.3 Å². The number of ether oxygens (including phenoxy) is 1. The topological polar surface area (TPSA) is 112 Å². The number of nitrogens with zero attached hydrogens (tertiary/aromatic N) is 4. The Hall–Kier alpha value is -4.01. The Morgan fingerprint density at radius 3 is 2.64 bits per heavy atom. The van der Waals surface area contributed by atoms with Crippen LogP contribution in [0.2, 0.25) is 0 Å². The van der Waals surface area contributed by atoms with Crippen molar-refractivity contribution in [2.45, 2.75) is 13.2 Å². The Kier molecular flexibility index (Phi) is 6.09. The van der Waals surface area contributed by atoms with E-state index in [1.807, 2.05) is 54.6 Å². The van der Waals surface area contributed by atoms with E-state index in [2.05, 4.69) is 15.6 Å². The molecule has 0 bridgehead atoms. The zero-order chi connectivity index (χ0) is 19.8. The molecule has 1 amide bonds. The molecule has 28 heavy (non-hydrogen) atoms. The van der Waals surface area contributed by atoms with Crippen LogP contribution in [0.4, 0.5) is 5.69 Å². The standard InChI is InChI=1S/C19H17N5O4/c25-19(13-23-12-17(11-21-23)24(26)27)22-20-10-15-6-8-18(9-7-15)28-14-16-4-2-1-3-5-16/h1-12H,13-14H2,(H,22,25). The van der Waals surface area contributed by atoms with Crippen LogP contribution in [0.3, 0.4) is 0 Å². The van der Waals surface area contributed by atoms with Crippen molar-refractivity contribution in [2.75, 3.05) is 0 Å². The number of nitro groups is 1. The van der Waals surface area contributed by atoms with Gasteiger partial charge in [-0.15, -0.1) is 0 Å². The Balaban J connectivity index is 1.46. The molecule has 3 rings (SSSR count). The van der Waals surface area contributed by atoms with E-state index in [4.69, 9.17) is 4.74 Å². The van der Waals surface area contributed by atoms with Crippen LogP contribution in [0.15, 0.2) is 72.1 Å². The number of hydrogen-bond donors (Lipinski definition) is 1. The fraction of sp³-hybridized carbons (Fsp3) is 0.105. The lowest BCUT2D eigenvalue weighted by atomic mass is 10.2. The maximum Gasteiger partial charge on any atom is 0.307 e. The van der Waals surface area contributed by atoms with E-state index in [0.717, 1.165) is 23.1 Å². The van der Waals surface area contributed by atoms with E-state index in [1.165, 1.54) is 17.1 Å². The van der Waals surface area contributed by atoms with E-state index in [-0.39, 0.29) is 12.2 Å². The van der Waals surface area contributed by atoms with Crippen LogP contribution in [-0.4, -0.2) is 26.8 Å². The molecule has 3 aromatic rings. The van der Waals surface area contributed by atoms with Gasteiger partial charge in [-0.3, -0.25) is 19.6 Å². The van der Waals surface area contributed by atoms with Crippen molar-refractivity contribution in [3.8, 4) is 5.75 Å². The van der Waals surface area contributed by atoms with Gasteiger partial charge in [-0.05, 0) is 35.4 Å². The zero-order valence-corrected chi connectivity index (χ0v) is 14.8. The number of nitrogens with one attached hydrogen (secondary N) is 1. The summed E-state index contributed by atoms with van der Waals surface area (Å²) in [5.41, 5.74) is 4.03.